The number of aryl methyl sites for hydroxylation is 1. The van der Waals surface area contributed by atoms with Gasteiger partial charge in [-0.05, 0) is 37.4 Å². The van der Waals surface area contributed by atoms with Gasteiger partial charge in [-0.3, -0.25) is 19.4 Å². The number of primary amides is 1. The van der Waals surface area contributed by atoms with Gasteiger partial charge in [-0.15, -0.1) is 11.3 Å². The molecule has 1 aliphatic rings. The maximum absolute atomic E-state index is 12.4. The summed E-state index contributed by atoms with van der Waals surface area (Å²) >= 11 is 1.47. The van der Waals surface area contributed by atoms with Crippen LogP contribution in [0.15, 0.2) is 29.6 Å². The number of nitrogens with zero attached hydrogens (tertiary/aromatic N) is 3. The number of anilines is 2. The lowest BCUT2D eigenvalue weighted by Crippen LogP contribution is -2.40. The van der Waals surface area contributed by atoms with Gasteiger partial charge >= 0.3 is 0 Å². The molecule has 1 fully saturated rings. The van der Waals surface area contributed by atoms with Crippen LogP contribution < -0.4 is 10.6 Å². The summed E-state index contributed by atoms with van der Waals surface area (Å²) in [5.41, 5.74) is 8.39. The second-order valence-electron chi connectivity index (χ2n) is 6.93. The van der Waals surface area contributed by atoms with E-state index < -0.39 is 0 Å². The zero-order valence-electron chi connectivity index (χ0n) is 15.9. The second kappa shape index (κ2) is 8.63. The first kappa shape index (κ1) is 19.5. The Morgan fingerprint density at radius 3 is 2.85 bits per heavy atom. The van der Waals surface area contributed by atoms with Crippen molar-refractivity contribution in [2.75, 3.05) is 18.0 Å². The monoisotopic (exact) mass is 386 g/mol. The highest BCUT2D eigenvalue weighted by Crippen LogP contribution is 2.32. The van der Waals surface area contributed by atoms with E-state index >= 15 is 0 Å². The summed E-state index contributed by atoms with van der Waals surface area (Å²) in [4.78, 5) is 32.5. The van der Waals surface area contributed by atoms with Crippen LogP contribution in [-0.2, 0) is 22.6 Å². The van der Waals surface area contributed by atoms with Crippen LogP contribution in [0.2, 0.25) is 0 Å². The van der Waals surface area contributed by atoms with Crippen LogP contribution in [0.25, 0.3) is 0 Å². The van der Waals surface area contributed by atoms with E-state index in [4.69, 9.17) is 10.7 Å². The molecule has 0 aliphatic carbocycles. The number of nitrogens with two attached hydrogens (primary N) is 1. The average molecular weight is 387 g/mol. The van der Waals surface area contributed by atoms with E-state index in [1.54, 1.807) is 11.8 Å². The molecular weight excluding hydrogens is 360 g/mol. The number of amides is 2. The number of aromatic nitrogens is 1. The van der Waals surface area contributed by atoms with Crippen LogP contribution in [0.4, 0.5) is 10.8 Å². The molecule has 144 valence electrons. The van der Waals surface area contributed by atoms with Crippen molar-refractivity contribution in [3.63, 3.8) is 0 Å². The third-order valence-corrected chi connectivity index (χ3v) is 5.83. The number of likely N-dealkylation sites (tertiary alicyclic amines) is 1. The maximum atomic E-state index is 12.4. The van der Waals surface area contributed by atoms with Crippen molar-refractivity contribution in [2.24, 2.45) is 11.7 Å². The average Bonchev–Trinajstić information content (AvgIpc) is 3.10. The molecule has 27 heavy (non-hydrogen) atoms. The number of hydrogen-bond donors (Lipinski definition) is 1. The smallest absolute Gasteiger partial charge is 0.230 e. The van der Waals surface area contributed by atoms with E-state index in [9.17, 15) is 9.59 Å². The zero-order valence-corrected chi connectivity index (χ0v) is 16.7. The molecule has 2 heterocycles. The molecule has 0 radical (unpaired) electrons. The number of benzene rings is 1. The lowest BCUT2D eigenvalue weighted by Gasteiger charge is -2.30. The maximum Gasteiger partial charge on any atom is 0.230 e. The first-order valence-electron chi connectivity index (χ1n) is 9.34. The molecule has 0 spiro atoms. The number of carbonyl (C=O) groups is 2. The number of hydrogen-bond acceptors (Lipinski definition) is 5. The first-order valence-corrected chi connectivity index (χ1v) is 10.2. The lowest BCUT2D eigenvalue weighted by molar-refractivity contribution is -0.123. The molecule has 6 nitrogen and oxygen atoms in total. The summed E-state index contributed by atoms with van der Waals surface area (Å²) in [7, 11) is 0. The van der Waals surface area contributed by atoms with Gasteiger partial charge < -0.3 is 5.73 Å². The molecule has 7 heteroatoms. The Balaban J connectivity index is 1.78. The summed E-state index contributed by atoms with van der Waals surface area (Å²) < 4.78 is 0. The van der Waals surface area contributed by atoms with Crippen molar-refractivity contribution in [1.29, 1.82) is 0 Å². The molecule has 1 saturated heterocycles. The molecule has 1 aromatic carbocycles. The van der Waals surface area contributed by atoms with Gasteiger partial charge in [-0.2, -0.15) is 0 Å². The van der Waals surface area contributed by atoms with E-state index in [1.165, 1.54) is 11.3 Å². The second-order valence-corrected chi connectivity index (χ2v) is 7.77. The topological polar surface area (TPSA) is 79.5 Å². The predicted molar refractivity (Wildman–Crippen MR) is 108 cm³/mol. The highest BCUT2D eigenvalue weighted by molar-refractivity contribution is 7.14. The molecule has 3 rings (SSSR count). The van der Waals surface area contributed by atoms with Gasteiger partial charge in [-0.25, -0.2) is 4.98 Å². The van der Waals surface area contributed by atoms with Gasteiger partial charge in [0, 0.05) is 25.4 Å². The lowest BCUT2D eigenvalue weighted by atomic mass is 9.97. The van der Waals surface area contributed by atoms with Crippen molar-refractivity contribution in [1.82, 2.24) is 9.88 Å². The molecule has 2 amide bonds. The number of thiazole rings is 1. The molecule has 2 aromatic rings. The van der Waals surface area contributed by atoms with Gasteiger partial charge in [0.15, 0.2) is 5.13 Å². The Kier molecular flexibility index (Phi) is 6.23. The summed E-state index contributed by atoms with van der Waals surface area (Å²) in [6.07, 6.45) is 2.68. The molecule has 1 atom stereocenters. The van der Waals surface area contributed by atoms with E-state index in [0.29, 0.717) is 18.2 Å². The summed E-state index contributed by atoms with van der Waals surface area (Å²) in [6, 6.07) is 7.93. The summed E-state index contributed by atoms with van der Waals surface area (Å²) in [5.74, 6) is -0.358. The highest BCUT2D eigenvalue weighted by Gasteiger charge is 2.25. The normalized spacial score (nSPS) is 17.6. The zero-order chi connectivity index (χ0) is 19.4. The van der Waals surface area contributed by atoms with Gasteiger partial charge in [-0.1, -0.05) is 25.1 Å². The quantitative estimate of drug-likeness (QED) is 0.827. The molecular formula is C20H26N4O2S. The molecule has 2 N–H and O–H groups in total. The Morgan fingerprint density at radius 1 is 1.37 bits per heavy atom. The molecule has 0 saturated carbocycles. The van der Waals surface area contributed by atoms with Gasteiger partial charge in [0.05, 0.1) is 17.3 Å². The summed E-state index contributed by atoms with van der Waals surface area (Å²) in [6.45, 7) is 5.93. The van der Waals surface area contributed by atoms with Crippen LogP contribution in [0.5, 0.6) is 0 Å². The minimum Gasteiger partial charge on any atom is -0.369 e. The van der Waals surface area contributed by atoms with Crippen LogP contribution in [0.3, 0.4) is 0 Å². The minimum atomic E-state index is -0.224. The number of para-hydroxylation sites is 1. The Labute approximate surface area is 164 Å². The SMILES string of the molecule is CCc1ccccc1N(C(C)=O)c1nc(CN2CCC[C@@H](C(N)=O)C2)cs1. The fraction of sp³-hybridized carbons (Fsp3) is 0.450. The summed E-state index contributed by atoms with van der Waals surface area (Å²) in [5, 5.41) is 2.68. The van der Waals surface area contributed by atoms with Crippen molar-refractivity contribution in [3.8, 4) is 0 Å². The fourth-order valence-electron chi connectivity index (χ4n) is 3.57. The first-order chi connectivity index (χ1) is 13.0. The van der Waals surface area contributed by atoms with Crippen LogP contribution in [0, 0.1) is 5.92 Å². The van der Waals surface area contributed by atoms with Crippen molar-refractivity contribution < 1.29 is 9.59 Å². The Hall–Kier alpha value is -2.25. The third kappa shape index (κ3) is 4.54. The molecule has 0 bridgehead atoms. The Morgan fingerprint density at radius 2 is 2.15 bits per heavy atom. The van der Waals surface area contributed by atoms with Gasteiger partial charge in [0.1, 0.15) is 0 Å². The highest BCUT2D eigenvalue weighted by atomic mass is 32.1. The third-order valence-electron chi connectivity index (χ3n) is 4.95. The van der Waals surface area contributed by atoms with Crippen LogP contribution in [-0.4, -0.2) is 34.8 Å². The minimum absolute atomic E-state index is 0.0523. The van der Waals surface area contributed by atoms with Gasteiger partial charge in [0.25, 0.3) is 0 Å². The van der Waals surface area contributed by atoms with E-state index in [2.05, 4.69) is 11.8 Å². The Bertz CT molecular complexity index is 820. The largest absolute Gasteiger partial charge is 0.369 e. The number of rotatable bonds is 6. The molecule has 1 aliphatic heterocycles. The van der Waals surface area contributed by atoms with Crippen LogP contribution >= 0.6 is 11.3 Å². The van der Waals surface area contributed by atoms with Gasteiger partial charge in [0.2, 0.25) is 11.8 Å². The van der Waals surface area contributed by atoms with Crippen molar-refractivity contribution in [3.05, 3.63) is 40.9 Å². The molecule has 1 aromatic heterocycles. The van der Waals surface area contributed by atoms with E-state index in [0.717, 1.165) is 42.8 Å². The van der Waals surface area contributed by atoms with Crippen molar-refractivity contribution >= 4 is 34.0 Å². The molecule has 0 unspecified atom stereocenters. The van der Waals surface area contributed by atoms with E-state index in [-0.39, 0.29) is 17.7 Å². The van der Waals surface area contributed by atoms with Crippen molar-refractivity contribution in [2.45, 2.75) is 39.7 Å². The number of piperidine rings is 1. The number of carbonyl (C=O) groups excluding carboxylic acids is 2. The fourth-order valence-corrected chi connectivity index (χ4v) is 4.44. The van der Waals surface area contributed by atoms with Crippen LogP contribution in [0.1, 0.15) is 37.9 Å². The standard InChI is InChI=1S/C20H26N4O2S/c1-3-15-7-4-5-9-18(15)24(14(2)25)20-22-17(13-27-20)12-23-10-6-8-16(11-23)19(21)26/h4-5,7,9,13,16H,3,6,8,10-12H2,1-2H3,(H2,21,26)/t16-/m1/s1. The predicted octanol–water partition coefficient (Wildman–Crippen LogP) is 3.09. The van der Waals surface area contributed by atoms with E-state index in [1.807, 2.05) is 29.6 Å².